The van der Waals surface area contributed by atoms with Crippen molar-refractivity contribution in [3.8, 4) is 0 Å². The summed E-state index contributed by atoms with van der Waals surface area (Å²) in [6.45, 7) is 5.42. The fraction of sp³-hybridized carbons (Fsp3) is 0.571. The lowest BCUT2D eigenvalue weighted by Crippen LogP contribution is -2.03. The topological polar surface area (TPSA) is 26.3 Å². The summed E-state index contributed by atoms with van der Waals surface area (Å²) < 4.78 is 4.85. The molecule has 2 nitrogen and oxygen atoms in total. The second kappa shape index (κ2) is 2.21. The molecule has 50 valence electrons. The molecule has 1 aliphatic heterocycles. The highest BCUT2D eigenvalue weighted by Crippen LogP contribution is 2.20. The maximum atomic E-state index is 10.7. The van der Waals surface area contributed by atoms with E-state index in [9.17, 15) is 4.79 Å². The Kier molecular flexibility index (Phi) is 1.56. The summed E-state index contributed by atoms with van der Waals surface area (Å²) in [5.74, 6) is -0.183. The van der Waals surface area contributed by atoms with Crippen molar-refractivity contribution < 1.29 is 9.53 Å². The molecule has 0 aromatic rings. The number of ether oxygens (including phenoxy) is 1. The van der Waals surface area contributed by atoms with Crippen LogP contribution < -0.4 is 0 Å². The lowest BCUT2D eigenvalue weighted by Gasteiger charge is -1.95. The van der Waals surface area contributed by atoms with Gasteiger partial charge >= 0.3 is 5.97 Å². The third-order valence-electron chi connectivity index (χ3n) is 1.49. The Labute approximate surface area is 54.5 Å². The molecule has 2 atom stereocenters. The Morgan fingerprint density at radius 1 is 1.89 bits per heavy atom. The zero-order valence-electron chi connectivity index (χ0n) is 5.46. The second-order valence-electron chi connectivity index (χ2n) is 2.33. The molecular weight excluding hydrogens is 116 g/mol. The van der Waals surface area contributed by atoms with Crippen molar-refractivity contribution in [3.63, 3.8) is 0 Å². The first kappa shape index (κ1) is 6.33. The molecule has 1 aliphatic rings. The van der Waals surface area contributed by atoms with Gasteiger partial charge in [-0.15, -0.1) is 6.58 Å². The van der Waals surface area contributed by atoms with E-state index in [2.05, 4.69) is 6.58 Å². The van der Waals surface area contributed by atoms with E-state index in [1.807, 2.05) is 6.92 Å². The van der Waals surface area contributed by atoms with Gasteiger partial charge < -0.3 is 4.74 Å². The SMILES string of the molecule is C=CC1CC(C)OC1=O. The van der Waals surface area contributed by atoms with Gasteiger partial charge in [0.15, 0.2) is 0 Å². The van der Waals surface area contributed by atoms with Gasteiger partial charge in [0.25, 0.3) is 0 Å². The van der Waals surface area contributed by atoms with E-state index in [-0.39, 0.29) is 18.0 Å². The van der Waals surface area contributed by atoms with Gasteiger partial charge in [0, 0.05) is 6.42 Å². The Bertz CT molecular complexity index is 140. The first-order valence-electron chi connectivity index (χ1n) is 3.07. The number of cyclic esters (lactones) is 1. The molecule has 0 aromatic heterocycles. The van der Waals surface area contributed by atoms with Crippen molar-refractivity contribution in [3.05, 3.63) is 12.7 Å². The highest BCUT2D eigenvalue weighted by Gasteiger charge is 2.28. The van der Waals surface area contributed by atoms with Gasteiger partial charge in [-0.3, -0.25) is 4.79 Å². The van der Waals surface area contributed by atoms with Crippen LogP contribution in [0.15, 0.2) is 12.7 Å². The minimum Gasteiger partial charge on any atom is -0.462 e. The number of carbonyl (C=O) groups excluding carboxylic acids is 1. The number of hydrogen-bond acceptors (Lipinski definition) is 2. The maximum Gasteiger partial charge on any atom is 0.313 e. The summed E-state index contributed by atoms with van der Waals surface area (Å²) in [4.78, 5) is 10.7. The lowest BCUT2D eigenvalue weighted by molar-refractivity contribution is -0.142. The van der Waals surface area contributed by atoms with Crippen molar-refractivity contribution >= 4 is 5.97 Å². The van der Waals surface area contributed by atoms with Gasteiger partial charge in [0.05, 0.1) is 5.92 Å². The molecule has 1 rings (SSSR count). The van der Waals surface area contributed by atoms with Crippen LogP contribution in [0.5, 0.6) is 0 Å². The normalized spacial score (nSPS) is 34.1. The summed E-state index contributed by atoms with van der Waals surface area (Å²) in [7, 11) is 0. The Balaban J connectivity index is 2.57. The molecule has 0 aliphatic carbocycles. The monoisotopic (exact) mass is 126 g/mol. The third-order valence-corrected chi connectivity index (χ3v) is 1.49. The molecule has 1 heterocycles. The summed E-state index contributed by atoms with van der Waals surface area (Å²) in [5.41, 5.74) is 0. The van der Waals surface area contributed by atoms with Gasteiger partial charge in [0.2, 0.25) is 0 Å². The van der Waals surface area contributed by atoms with E-state index < -0.39 is 0 Å². The standard InChI is InChI=1S/C7H10O2/c1-3-6-4-5(2)9-7(6)8/h3,5-6H,1,4H2,2H3. The molecule has 2 heteroatoms. The highest BCUT2D eigenvalue weighted by molar-refractivity contribution is 5.76. The molecule has 0 spiro atoms. The molecule has 1 fully saturated rings. The van der Waals surface area contributed by atoms with E-state index in [1.165, 1.54) is 0 Å². The first-order chi connectivity index (χ1) is 4.24. The predicted molar refractivity (Wildman–Crippen MR) is 33.9 cm³/mol. The predicted octanol–water partition coefficient (Wildman–Crippen LogP) is 1.12. The maximum absolute atomic E-state index is 10.7. The molecular formula is C7H10O2. The zero-order valence-corrected chi connectivity index (χ0v) is 5.46. The Hall–Kier alpha value is -0.790. The van der Waals surface area contributed by atoms with E-state index >= 15 is 0 Å². The van der Waals surface area contributed by atoms with Crippen LogP contribution in [0.25, 0.3) is 0 Å². The van der Waals surface area contributed by atoms with Crippen molar-refractivity contribution in [2.75, 3.05) is 0 Å². The van der Waals surface area contributed by atoms with Gasteiger partial charge in [-0.25, -0.2) is 0 Å². The van der Waals surface area contributed by atoms with Crippen LogP contribution in [-0.2, 0) is 9.53 Å². The molecule has 0 N–H and O–H groups in total. The van der Waals surface area contributed by atoms with E-state index in [0.29, 0.717) is 0 Å². The average Bonchev–Trinajstić information content (AvgIpc) is 2.10. The fourth-order valence-corrected chi connectivity index (χ4v) is 0.980. The smallest absolute Gasteiger partial charge is 0.313 e. The molecule has 0 radical (unpaired) electrons. The largest absolute Gasteiger partial charge is 0.462 e. The molecule has 9 heavy (non-hydrogen) atoms. The van der Waals surface area contributed by atoms with Crippen LogP contribution in [0.3, 0.4) is 0 Å². The Morgan fingerprint density at radius 2 is 2.56 bits per heavy atom. The number of rotatable bonds is 1. The molecule has 2 unspecified atom stereocenters. The average molecular weight is 126 g/mol. The quantitative estimate of drug-likeness (QED) is 0.389. The number of carbonyl (C=O) groups is 1. The van der Waals surface area contributed by atoms with Crippen LogP contribution in [-0.4, -0.2) is 12.1 Å². The number of esters is 1. The van der Waals surface area contributed by atoms with E-state index in [0.717, 1.165) is 6.42 Å². The fourth-order valence-electron chi connectivity index (χ4n) is 0.980. The van der Waals surface area contributed by atoms with Crippen LogP contribution >= 0.6 is 0 Å². The van der Waals surface area contributed by atoms with Crippen LogP contribution in [0.4, 0.5) is 0 Å². The van der Waals surface area contributed by atoms with Crippen molar-refractivity contribution in [2.45, 2.75) is 19.4 Å². The third kappa shape index (κ3) is 1.12. The Morgan fingerprint density at radius 3 is 2.78 bits per heavy atom. The lowest BCUT2D eigenvalue weighted by atomic mass is 10.1. The van der Waals surface area contributed by atoms with Crippen molar-refractivity contribution in [1.29, 1.82) is 0 Å². The minimum absolute atomic E-state index is 0.0556. The second-order valence-corrected chi connectivity index (χ2v) is 2.33. The van der Waals surface area contributed by atoms with E-state index in [1.54, 1.807) is 6.08 Å². The first-order valence-corrected chi connectivity index (χ1v) is 3.07. The molecule has 0 saturated carbocycles. The zero-order chi connectivity index (χ0) is 6.85. The van der Waals surface area contributed by atoms with Crippen molar-refractivity contribution in [2.24, 2.45) is 5.92 Å². The van der Waals surface area contributed by atoms with Crippen molar-refractivity contribution in [1.82, 2.24) is 0 Å². The van der Waals surface area contributed by atoms with Crippen LogP contribution in [0, 0.1) is 5.92 Å². The molecule has 0 amide bonds. The van der Waals surface area contributed by atoms with Gasteiger partial charge in [0.1, 0.15) is 6.10 Å². The van der Waals surface area contributed by atoms with Crippen LogP contribution in [0.1, 0.15) is 13.3 Å². The van der Waals surface area contributed by atoms with Gasteiger partial charge in [-0.1, -0.05) is 6.08 Å². The minimum atomic E-state index is -0.127. The van der Waals surface area contributed by atoms with Gasteiger partial charge in [-0.2, -0.15) is 0 Å². The van der Waals surface area contributed by atoms with E-state index in [4.69, 9.17) is 4.74 Å². The molecule has 1 saturated heterocycles. The summed E-state index contributed by atoms with van der Waals surface area (Å²) in [5, 5.41) is 0. The van der Waals surface area contributed by atoms with Crippen LogP contribution in [0.2, 0.25) is 0 Å². The summed E-state index contributed by atoms with van der Waals surface area (Å²) >= 11 is 0. The number of hydrogen-bond donors (Lipinski definition) is 0. The summed E-state index contributed by atoms with van der Waals surface area (Å²) in [6, 6.07) is 0. The molecule has 0 bridgehead atoms. The highest BCUT2D eigenvalue weighted by atomic mass is 16.5. The summed E-state index contributed by atoms with van der Waals surface area (Å²) in [6.07, 6.45) is 2.52. The van der Waals surface area contributed by atoms with Gasteiger partial charge in [-0.05, 0) is 6.92 Å². The molecule has 0 aromatic carbocycles.